The maximum atomic E-state index is 10.5. The molecule has 0 aliphatic carbocycles. The van der Waals surface area contributed by atoms with E-state index in [4.69, 9.17) is 5.11 Å². The van der Waals surface area contributed by atoms with Gasteiger partial charge in [0, 0.05) is 24.7 Å². The fraction of sp³-hybridized carbons (Fsp3) is 0.857. The summed E-state index contributed by atoms with van der Waals surface area (Å²) in [7, 11) is 0. The molecular weight excluding hydrogens is 162 g/mol. The summed E-state index contributed by atoms with van der Waals surface area (Å²) in [5.74, 6) is -0.989. The van der Waals surface area contributed by atoms with Crippen LogP contribution in [-0.2, 0) is 4.79 Å². The van der Waals surface area contributed by atoms with Gasteiger partial charge in [-0.15, -0.1) is 0 Å². The minimum Gasteiger partial charge on any atom is -0.481 e. The lowest BCUT2D eigenvalue weighted by molar-refractivity contribution is -0.567. The van der Waals surface area contributed by atoms with E-state index >= 15 is 0 Å². The zero-order valence-electron chi connectivity index (χ0n) is 7.24. The Balaban J connectivity index is 4.15. The molecule has 0 aromatic heterocycles. The standard InChI is InChI=1S/C7H13NO4/c1-3-7(2,8(11)12)5-4-6(9)10/h3-5H2,1-2H3,(H,9,10). The van der Waals surface area contributed by atoms with Crippen LogP contribution in [0, 0.1) is 10.1 Å². The van der Waals surface area contributed by atoms with E-state index in [1.807, 2.05) is 0 Å². The summed E-state index contributed by atoms with van der Waals surface area (Å²) in [6.07, 6.45) is 0.296. The van der Waals surface area contributed by atoms with Crippen molar-refractivity contribution in [2.24, 2.45) is 0 Å². The van der Waals surface area contributed by atoms with Crippen LogP contribution in [-0.4, -0.2) is 21.5 Å². The average molecular weight is 175 g/mol. The van der Waals surface area contributed by atoms with Gasteiger partial charge in [-0.1, -0.05) is 6.92 Å². The van der Waals surface area contributed by atoms with Gasteiger partial charge in [0.15, 0.2) is 0 Å². The van der Waals surface area contributed by atoms with Crippen LogP contribution in [0.4, 0.5) is 0 Å². The topological polar surface area (TPSA) is 80.4 Å². The van der Waals surface area contributed by atoms with E-state index in [-0.39, 0.29) is 12.8 Å². The molecular formula is C7H13NO4. The summed E-state index contributed by atoms with van der Waals surface area (Å²) in [6.45, 7) is 3.15. The maximum absolute atomic E-state index is 10.5. The highest BCUT2D eigenvalue weighted by molar-refractivity contribution is 5.66. The second-order valence-corrected chi connectivity index (χ2v) is 3.00. The van der Waals surface area contributed by atoms with Gasteiger partial charge in [0.05, 0.1) is 6.42 Å². The fourth-order valence-electron chi connectivity index (χ4n) is 0.773. The molecule has 0 aliphatic heterocycles. The normalized spacial score (nSPS) is 15.2. The third-order valence-corrected chi connectivity index (χ3v) is 2.08. The van der Waals surface area contributed by atoms with Gasteiger partial charge >= 0.3 is 5.97 Å². The Morgan fingerprint density at radius 2 is 2.17 bits per heavy atom. The third-order valence-electron chi connectivity index (χ3n) is 2.08. The Kier molecular flexibility index (Phi) is 3.66. The first-order chi connectivity index (χ1) is 5.42. The number of nitrogens with zero attached hydrogens (tertiary/aromatic N) is 1. The highest BCUT2D eigenvalue weighted by atomic mass is 16.6. The zero-order valence-corrected chi connectivity index (χ0v) is 7.24. The molecule has 12 heavy (non-hydrogen) atoms. The third kappa shape index (κ3) is 2.86. The predicted molar refractivity (Wildman–Crippen MR) is 42.6 cm³/mol. The van der Waals surface area contributed by atoms with Crippen LogP contribution >= 0.6 is 0 Å². The molecule has 1 atom stereocenters. The van der Waals surface area contributed by atoms with E-state index in [0.717, 1.165) is 0 Å². The van der Waals surface area contributed by atoms with Crippen molar-refractivity contribution in [3.63, 3.8) is 0 Å². The zero-order chi connectivity index (χ0) is 9.78. The Labute approximate surface area is 70.5 Å². The van der Waals surface area contributed by atoms with Crippen molar-refractivity contribution >= 4 is 5.97 Å². The van der Waals surface area contributed by atoms with Crippen LogP contribution in [0.2, 0.25) is 0 Å². The molecule has 0 spiro atoms. The van der Waals surface area contributed by atoms with Gasteiger partial charge in [0.25, 0.3) is 0 Å². The van der Waals surface area contributed by atoms with Gasteiger partial charge in [-0.25, -0.2) is 0 Å². The Hall–Kier alpha value is -1.13. The molecule has 0 bridgehead atoms. The summed E-state index contributed by atoms with van der Waals surface area (Å²) >= 11 is 0. The van der Waals surface area contributed by atoms with Gasteiger partial charge in [0.2, 0.25) is 5.54 Å². The number of nitro groups is 1. The van der Waals surface area contributed by atoms with Crippen molar-refractivity contribution in [3.05, 3.63) is 10.1 Å². The average Bonchev–Trinajstić information content (AvgIpc) is 1.99. The second-order valence-electron chi connectivity index (χ2n) is 3.00. The van der Waals surface area contributed by atoms with Gasteiger partial charge in [-0.3, -0.25) is 14.9 Å². The van der Waals surface area contributed by atoms with E-state index in [9.17, 15) is 14.9 Å². The van der Waals surface area contributed by atoms with Crippen molar-refractivity contribution in [3.8, 4) is 0 Å². The van der Waals surface area contributed by atoms with Gasteiger partial charge in [0.1, 0.15) is 0 Å². The van der Waals surface area contributed by atoms with Crippen molar-refractivity contribution < 1.29 is 14.8 Å². The smallest absolute Gasteiger partial charge is 0.303 e. The second kappa shape index (κ2) is 4.04. The van der Waals surface area contributed by atoms with E-state index in [0.29, 0.717) is 6.42 Å². The number of hydrogen-bond acceptors (Lipinski definition) is 3. The first-order valence-electron chi connectivity index (χ1n) is 3.78. The first kappa shape index (κ1) is 10.9. The minimum atomic E-state index is -1.08. The molecule has 1 unspecified atom stereocenters. The van der Waals surface area contributed by atoms with E-state index < -0.39 is 16.4 Å². The number of carbonyl (C=O) groups is 1. The summed E-state index contributed by atoms with van der Waals surface area (Å²) in [6, 6.07) is 0. The fourth-order valence-corrected chi connectivity index (χ4v) is 0.773. The Morgan fingerprint density at radius 3 is 2.42 bits per heavy atom. The molecule has 0 amide bonds. The lowest BCUT2D eigenvalue weighted by Gasteiger charge is -2.17. The van der Waals surface area contributed by atoms with Crippen LogP contribution in [0.25, 0.3) is 0 Å². The number of rotatable bonds is 5. The van der Waals surface area contributed by atoms with Crippen molar-refractivity contribution in [2.75, 3.05) is 0 Å². The summed E-state index contributed by atoms with van der Waals surface area (Å²) in [4.78, 5) is 20.2. The van der Waals surface area contributed by atoms with Crippen LogP contribution in [0.5, 0.6) is 0 Å². The molecule has 0 fully saturated rings. The number of aliphatic carboxylic acids is 1. The lowest BCUT2D eigenvalue weighted by Crippen LogP contribution is -2.34. The predicted octanol–water partition coefficient (Wildman–Crippen LogP) is 1.30. The summed E-state index contributed by atoms with van der Waals surface area (Å²) in [5.41, 5.74) is -1.08. The molecule has 0 heterocycles. The Morgan fingerprint density at radius 1 is 1.67 bits per heavy atom. The molecule has 0 saturated carbocycles. The van der Waals surface area contributed by atoms with Gasteiger partial charge in [-0.05, 0) is 0 Å². The largest absolute Gasteiger partial charge is 0.481 e. The van der Waals surface area contributed by atoms with E-state index in [1.54, 1.807) is 6.92 Å². The first-order valence-corrected chi connectivity index (χ1v) is 3.78. The van der Waals surface area contributed by atoms with E-state index in [2.05, 4.69) is 0 Å². The van der Waals surface area contributed by atoms with Crippen LogP contribution in [0.15, 0.2) is 0 Å². The van der Waals surface area contributed by atoms with Crippen LogP contribution in [0.1, 0.15) is 33.1 Å². The highest BCUT2D eigenvalue weighted by Crippen LogP contribution is 2.20. The quantitative estimate of drug-likeness (QED) is 0.504. The molecule has 1 N–H and O–H groups in total. The minimum absolute atomic E-state index is 0.0891. The summed E-state index contributed by atoms with van der Waals surface area (Å²) < 4.78 is 0. The highest BCUT2D eigenvalue weighted by Gasteiger charge is 2.34. The molecule has 0 aliphatic rings. The number of carboxylic acids is 1. The maximum Gasteiger partial charge on any atom is 0.303 e. The van der Waals surface area contributed by atoms with Crippen molar-refractivity contribution in [1.82, 2.24) is 0 Å². The summed E-state index contributed by atoms with van der Waals surface area (Å²) in [5, 5.41) is 18.8. The van der Waals surface area contributed by atoms with E-state index in [1.165, 1.54) is 6.92 Å². The molecule has 0 aromatic rings. The Bertz CT molecular complexity index is 192. The van der Waals surface area contributed by atoms with Crippen LogP contribution < -0.4 is 0 Å². The molecule has 5 nitrogen and oxygen atoms in total. The van der Waals surface area contributed by atoms with Gasteiger partial charge in [-0.2, -0.15) is 0 Å². The van der Waals surface area contributed by atoms with Crippen molar-refractivity contribution in [1.29, 1.82) is 0 Å². The monoisotopic (exact) mass is 175 g/mol. The molecule has 0 saturated heterocycles. The number of hydrogen-bond donors (Lipinski definition) is 1. The van der Waals surface area contributed by atoms with Crippen molar-refractivity contribution in [2.45, 2.75) is 38.6 Å². The SMILES string of the molecule is CCC(C)(CCC(=O)O)[N+](=O)[O-]. The lowest BCUT2D eigenvalue weighted by atomic mass is 9.94. The van der Waals surface area contributed by atoms with Gasteiger partial charge < -0.3 is 5.11 Å². The van der Waals surface area contributed by atoms with Crippen LogP contribution in [0.3, 0.4) is 0 Å². The molecule has 0 aromatic carbocycles. The molecule has 70 valence electrons. The number of carboxylic acid groups (broad SMARTS) is 1. The molecule has 0 radical (unpaired) electrons. The molecule has 5 heteroatoms. The molecule has 0 rings (SSSR count).